The van der Waals surface area contributed by atoms with Gasteiger partial charge in [-0.3, -0.25) is 0 Å². The molecule has 4 nitrogen and oxygen atoms in total. The van der Waals surface area contributed by atoms with E-state index >= 15 is 0 Å². The van der Waals surface area contributed by atoms with Gasteiger partial charge in [-0.1, -0.05) is 23.2 Å². The van der Waals surface area contributed by atoms with Gasteiger partial charge in [0.15, 0.2) is 10.3 Å². The summed E-state index contributed by atoms with van der Waals surface area (Å²) in [4.78, 5) is 4.52. The van der Waals surface area contributed by atoms with Crippen molar-refractivity contribution in [3.8, 4) is 0 Å². The summed E-state index contributed by atoms with van der Waals surface area (Å²) in [5.74, 6) is 0. The molecule has 0 N–H and O–H groups in total. The normalized spacial score (nSPS) is 22.5. The van der Waals surface area contributed by atoms with Crippen LogP contribution in [0.4, 0.5) is 5.69 Å². The van der Waals surface area contributed by atoms with E-state index in [2.05, 4.69) is 34.0 Å². The Morgan fingerprint density at radius 3 is 2.75 bits per heavy atom. The van der Waals surface area contributed by atoms with Crippen molar-refractivity contribution in [1.29, 1.82) is 0 Å². The monoisotopic (exact) mass is 260 g/mol. The van der Waals surface area contributed by atoms with Crippen molar-refractivity contribution < 1.29 is 0 Å². The Balaban J connectivity index is 2.26. The van der Waals surface area contributed by atoms with Crippen molar-refractivity contribution in [1.82, 2.24) is 15.1 Å². The zero-order valence-corrected chi connectivity index (χ0v) is 10.8. The summed E-state index contributed by atoms with van der Waals surface area (Å²) in [7, 11) is 2.12. The topological polar surface area (TPSA) is 32.3 Å². The number of hydrogen-bond donors (Lipinski definition) is 0. The van der Waals surface area contributed by atoms with E-state index in [9.17, 15) is 0 Å². The Labute approximate surface area is 105 Å². The van der Waals surface area contributed by atoms with Crippen molar-refractivity contribution >= 4 is 28.9 Å². The first kappa shape index (κ1) is 11.9. The van der Waals surface area contributed by atoms with E-state index in [0.29, 0.717) is 16.3 Å². The molecule has 2 heterocycles. The smallest absolute Gasteiger partial charge is 0.175 e. The Bertz CT molecular complexity index is 385. The maximum Gasteiger partial charge on any atom is 0.175 e. The summed E-state index contributed by atoms with van der Waals surface area (Å²) in [5.41, 5.74) is 0.877. The predicted molar refractivity (Wildman–Crippen MR) is 66.4 cm³/mol. The SMILES string of the molecule is CC1CN(C)CCN1c1cc(Cl)nnc1Cl. The second kappa shape index (κ2) is 4.73. The molecule has 1 aliphatic rings. The first-order chi connectivity index (χ1) is 7.58. The van der Waals surface area contributed by atoms with Gasteiger partial charge in [-0.15, -0.1) is 10.2 Å². The van der Waals surface area contributed by atoms with Gasteiger partial charge in [-0.2, -0.15) is 0 Å². The minimum Gasteiger partial charge on any atom is -0.364 e. The van der Waals surface area contributed by atoms with Crippen LogP contribution in [0.1, 0.15) is 6.92 Å². The number of anilines is 1. The van der Waals surface area contributed by atoms with Gasteiger partial charge < -0.3 is 9.80 Å². The highest BCUT2D eigenvalue weighted by Crippen LogP contribution is 2.28. The van der Waals surface area contributed by atoms with Crippen LogP contribution in [0.25, 0.3) is 0 Å². The van der Waals surface area contributed by atoms with E-state index < -0.39 is 0 Å². The van der Waals surface area contributed by atoms with Gasteiger partial charge in [0.25, 0.3) is 0 Å². The van der Waals surface area contributed by atoms with Gasteiger partial charge in [-0.25, -0.2) is 0 Å². The Hall–Kier alpha value is -0.580. The third-order valence-corrected chi connectivity index (χ3v) is 3.29. The molecule has 1 saturated heterocycles. The number of rotatable bonds is 1. The molecule has 1 fully saturated rings. The average Bonchev–Trinajstić information content (AvgIpc) is 2.22. The van der Waals surface area contributed by atoms with Crippen LogP contribution in [-0.2, 0) is 0 Å². The minimum atomic E-state index is 0.380. The molecule has 1 atom stereocenters. The lowest BCUT2D eigenvalue weighted by molar-refractivity contribution is 0.275. The molecule has 0 saturated carbocycles. The zero-order valence-electron chi connectivity index (χ0n) is 9.32. The lowest BCUT2D eigenvalue weighted by atomic mass is 10.2. The number of hydrogen-bond acceptors (Lipinski definition) is 4. The molecule has 0 aliphatic carbocycles. The molecule has 1 aromatic rings. The summed E-state index contributed by atoms with van der Waals surface area (Å²) < 4.78 is 0. The van der Waals surface area contributed by atoms with Crippen LogP contribution in [0.15, 0.2) is 6.07 Å². The van der Waals surface area contributed by atoms with Gasteiger partial charge in [0.05, 0.1) is 5.69 Å². The molecule has 0 radical (unpaired) electrons. The maximum absolute atomic E-state index is 6.04. The van der Waals surface area contributed by atoms with Crippen LogP contribution in [0.5, 0.6) is 0 Å². The maximum atomic E-state index is 6.04. The summed E-state index contributed by atoms with van der Waals surface area (Å²) in [6.07, 6.45) is 0. The van der Waals surface area contributed by atoms with Crippen LogP contribution in [0, 0.1) is 0 Å². The fraction of sp³-hybridized carbons (Fsp3) is 0.600. The summed E-state index contributed by atoms with van der Waals surface area (Å²) >= 11 is 11.9. The zero-order chi connectivity index (χ0) is 11.7. The molecular formula is C10H14Cl2N4. The highest BCUT2D eigenvalue weighted by atomic mass is 35.5. The van der Waals surface area contributed by atoms with Crippen molar-refractivity contribution in [3.05, 3.63) is 16.4 Å². The van der Waals surface area contributed by atoms with E-state index in [4.69, 9.17) is 23.2 Å². The molecule has 88 valence electrons. The molecule has 1 aliphatic heterocycles. The lowest BCUT2D eigenvalue weighted by Gasteiger charge is -2.39. The van der Waals surface area contributed by atoms with Gasteiger partial charge in [0, 0.05) is 31.7 Å². The summed E-state index contributed by atoms with van der Waals surface area (Å²) in [6.45, 7) is 5.12. The molecule has 0 amide bonds. The highest BCUT2D eigenvalue weighted by molar-refractivity contribution is 6.33. The average molecular weight is 261 g/mol. The molecule has 1 aromatic heterocycles. The quantitative estimate of drug-likeness (QED) is 0.773. The van der Waals surface area contributed by atoms with Crippen LogP contribution >= 0.6 is 23.2 Å². The Kier molecular flexibility index (Phi) is 3.52. The number of halogens is 2. The van der Waals surface area contributed by atoms with Crippen LogP contribution in [0.2, 0.25) is 10.3 Å². The van der Waals surface area contributed by atoms with Gasteiger partial charge in [0.2, 0.25) is 0 Å². The summed E-state index contributed by atoms with van der Waals surface area (Å²) in [6, 6.07) is 2.18. The van der Waals surface area contributed by atoms with Crippen LogP contribution in [-0.4, -0.2) is 47.8 Å². The molecule has 0 bridgehead atoms. The highest BCUT2D eigenvalue weighted by Gasteiger charge is 2.24. The fourth-order valence-electron chi connectivity index (χ4n) is 2.04. The third kappa shape index (κ3) is 2.39. The first-order valence-corrected chi connectivity index (χ1v) is 5.97. The Morgan fingerprint density at radius 2 is 2.06 bits per heavy atom. The largest absolute Gasteiger partial charge is 0.364 e. The number of nitrogens with zero attached hydrogens (tertiary/aromatic N) is 4. The molecule has 0 aromatic carbocycles. The second-order valence-corrected chi connectivity index (χ2v) is 4.89. The van der Waals surface area contributed by atoms with Gasteiger partial charge in [-0.05, 0) is 14.0 Å². The van der Waals surface area contributed by atoms with Gasteiger partial charge >= 0.3 is 0 Å². The lowest BCUT2D eigenvalue weighted by Crippen LogP contribution is -2.50. The molecule has 2 rings (SSSR count). The van der Waals surface area contributed by atoms with Crippen molar-refractivity contribution in [3.63, 3.8) is 0 Å². The molecule has 6 heteroatoms. The number of likely N-dealkylation sites (N-methyl/N-ethyl adjacent to an activating group) is 1. The molecule has 16 heavy (non-hydrogen) atoms. The molecule has 0 spiro atoms. The first-order valence-electron chi connectivity index (χ1n) is 5.22. The fourth-order valence-corrected chi connectivity index (χ4v) is 2.39. The minimum absolute atomic E-state index is 0.380. The van der Waals surface area contributed by atoms with E-state index in [1.807, 2.05) is 0 Å². The predicted octanol–water partition coefficient (Wildman–Crippen LogP) is 1.92. The Morgan fingerprint density at radius 1 is 1.31 bits per heavy atom. The van der Waals surface area contributed by atoms with Gasteiger partial charge in [0.1, 0.15) is 0 Å². The van der Waals surface area contributed by atoms with E-state index in [0.717, 1.165) is 25.3 Å². The van der Waals surface area contributed by atoms with Crippen molar-refractivity contribution in [2.75, 3.05) is 31.6 Å². The van der Waals surface area contributed by atoms with Crippen LogP contribution in [0.3, 0.4) is 0 Å². The molecular weight excluding hydrogens is 247 g/mol. The van der Waals surface area contributed by atoms with Crippen molar-refractivity contribution in [2.24, 2.45) is 0 Å². The summed E-state index contributed by atoms with van der Waals surface area (Å²) in [5, 5.41) is 8.35. The van der Waals surface area contributed by atoms with E-state index in [-0.39, 0.29) is 0 Å². The molecule has 1 unspecified atom stereocenters. The second-order valence-electron chi connectivity index (χ2n) is 4.15. The van der Waals surface area contributed by atoms with Crippen molar-refractivity contribution in [2.45, 2.75) is 13.0 Å². The van der Waals surface area contributed by atoms with Crippen LogP contribution < -0.4 is 4.90 Å². The number of piperazine rings is 1. The van der Waals surface area contributed by atoms with E-state index in [1.165, 1.54) is 0 Å². The third-order valence-electron chi connectivity index (χ3n) is 2.84. The number of aromatic nitrogens is 2. The van der Waals surface area contributed by atoms with E-state index in [1.54, 1.807) is 6.07 Å². The standard InChI is InChI=1S/C10H14Cl2N4/c1-7-6-15(2)3-4-16(7)8-5-9(11)13-14-10(8)12/h5,7H,3-4,6H2,1-2H3.